The predicted molar refractivity (Wildman–Crippen MR) is 80.3 cm³/mol. The number of hydrogen-bond acceptors (Lipinski definition) is 7. The van der Waals surface area contributed by atoms with Crippen LogP contribution in [-0.4, -0.2) is 32.3 Å². The lowest BCUT2D eigenvalue weighted by Crippen LogP contribution is -2.41. The highest BCUT2D eigenvalue weighted by Crippen LogP contribution is 2.81. The number of methoxy groups -OCH3 is 2. The molecule has 3 atom stereocenters. The van der Waals surface area contributed by atoms with Crippen molar-refractivity contribution in [2.75, 3.05) is 14.2 Å². The topological polar surface area (TPSA) is 114 Å². The molecule has 7 nitrogen and oxygen atoms in total. The quantitative estimate of drug-likeness (QED) is 0.816. The molecule has 0 saturated heterocycles. The SMILES string of the molecule is COC1(OC)N=C(N)C2(C#N)C(c3ccc(OC(F)(F)F)cc3)C12C#N. The van der Waals surface area contributed by atoms with Gasteiger partial charge in [0.25, 0.3) is 5.91 Å². The number of nitriles is 2. The van der Waals surface area contributed by atoms with Gasteiger partial charge in [0.1, 0.15) is 17.0 Å². The number of amidine groups is 1. The van der Waals surface area contributed by atoms with E-state index < -0.39 is 34.8 Å². The summed E-state index contributed by atoms with van der Waals surface area (Å²) in [5, 5.41) is 19.6. The first-order chi connectivity index (χ1) is 12.2. The zero-order chi connectivity index (χ0) is 19.4. The Morgan fingerprint density at radius 1 is 1.12 bits per heavy atom. The number of ether oxygens (including phenoxy) is 3. The number of alkyl halides is 3. The normalized spacial score (nSPS) is 31.3. The molecule has 3 unspecified atom stereocenters. The summed E-state index contributed by atoms with van der Waals surface area (Å²) in [4.78, 5) is 4.05. The van der Waals surface area contributed by atoms with E-state index in [1.54, 1.807) is 0 Å². The summed E-state index contributed by atoms with van der Waals surface area (Å²) < 4.78 is 51.3. The van der Waals surface area contributed by atoms with Gasteiger partial charge in [-0.05, 0) is 17.7 Å². The number of fused-ring (bicyclic) bond motifs is 1. The molecule has 0 radical (unpaired) electrons. The maximum Gasteiger partial charge on any atom is 0.573 e. The minimum Gasteiger partial charge on any atom is -0.406 e. The molecule has 1 aromatic carbocycles. The third-order valence-corrected chi connectivity index (χ3v) is 4.93. The van der Waals surface area contributed by atoms with Crippen LogP contribution in [0.25, 0.3) is 0 Å². The molecule has 26 heavy (non-hydrogen) atoms. The lowest BCUT2D eigenvalue weighted by Gasteiger charge is -2.29. The lowest BCUT2D eigenvalue weighted by atomic mass is 9.93. The summed E-state index contributed by atoms with van der Waals surface area (Å²) in [6, 6.07) is 8.96. The van der Waals surface area contributed by atoms with Crippen molar-refractivity contribution in [1.82, 2.24) is 0 Å². The molecule has 0 spiro atoms. The van der Waals surface area contributed by atoms with Gasteiger partial charge in [-0.3, -0.25) is 0 Å². The highest BCUT2D eigenvalue weighted by Gasteiger charge is 2.93. The van der Waals surface area contributed by atoms with Gasteiger partial charge in [0, 0.05) is 20.1 Å². The molecule has 1 aliphatic heterocycles. The van der Waals surface area contributed by atoms with Crippen molar-refractivity contribution < 1.29 is 27.4 Å². The van der Waals surface area contributed by atoms with Gasteiger partial charge in [-0.15, -0.1) is 13.2 Å². The minimum atomic E-state index is -4.82. The summed E-state index contributed by atoms with van der Waals surface area (Å²) in [5.41, 5.74) is 3.29. The second-order valence-electron chi connectivity index (χ2n) is 5.88. The van der Waals surface area contributed by atoms with Gasteiger partial charge in [0.05, 0.1) is 12.1 Å². The molecule has 1 saturated carbocycles. The Bertz CT molecular complexity index is 851. The maximum absolute atomic E-state index is 12.3. The lowest BCUT2D eigenvalue weighted by molar-refractivity contribution is -0.274. The zero-order valence-electron chi connectivity index (χ0n) is 13.7. The summed E-state index contributed by atoms with van der Waals surface area (Å²) in [6.45, 7) is 0. The Morgan fingerprint density at radius 2 is 1.69 bits per heavy atom. The summed E-state index contributed by atoms with van der Waals surface area (Å²) in [6.07, 6.45) is -4.82. The molecule has 2 N–H and O–H groups in total. The van der Waals surface area contributed by atoms with E-state index in [-0.39, 0.29) is 5.84 Å². The van der Waals surface area contributed by atoms with Crippen LogP contribution in [-0.2, 0) is 9.47 Å². The Kier molecular flexibility index (Phi) is 3.69. The largest absolute Gasteiger partial charge is 0.573 e. The summed E-state index contributed by atoms with van der Waals surface area (Å²) >= 11 is 0. The minimum absolute atomic E-state index is 0.120. The van der Waals surface area contributed by atoms with E-state index >= 15 is 0 Å². The molecule has 2 aliphatic rings. The van der Waals surface area contributed by atoms with Gasteiger partial charge >= 0.3 is 6.36 Å². The molecule has 0 bridgehead atoms. The summed E-state index contributed by atoms with van der Waals surface area (Å²) in [5.74, 6) is -3.11. The second kappa shape index (κ2) is 5.34. The third-order valence-electron chi connectivity index (χ3n) is 4.93. The van der Waals surface area contributed by atoms with Crippen molar-refractivity contribution in [3.05, 3.63) is 29.8 Å². The molecule has 1 aliphatic carbocycles. The van der Waals surface area contributed by atoms with Crippen molar-refractivity contribution in [3.63, 3.8) is 0 Å². The van der Waals surface area contributed by atoms with Gasteiger partial charge in [0.15, 0.2) is 5.41 Å². The number of hydrogen-bond donors (Lipinski definition) is 1. The Labute approximate surface area is 146 Å². The van der Waals surface area contributed by atoms with Crippen molar-refractivity contribution >= 4 is 5.84 Å². The van der Waals surface area contributed by atoms with E-state index in [9.17, 15) is 23.7 Å². The van der Waals surface area contributed by atoms with Gasteiger partial charge in [-0.25, -0.2) is 4.99 Å². The van der Waals surface area contributed by atoms with Crippen molar-refractivity contribution in [3.8, 4) is 17.9 Å². The second-order valence-corrected chi connectivity index (χ2v) is 5.88. The monoisotopic (exact) mass is 366 g/mol. The van der Waals surface area contributed by atoms with Crippen molar-refractivity contribution in [2.24, 2.45) is 21.6 Å². The van der Waals surface area contributed by atoms with E-state index in [2.05, 4.69) is 15.8 Å². The average molecular weight is 366 g/mol. The Balaban J connectivity index is 2.06. The molecule has 0 amide bonds. The maximum atomic E-state index is 12.3. The molecule has 1 aromatic rings. The number of aliphatic imine (C=N–C) groups is 1. The van der Waals surface area contributed by atoms with Gasteiger partial charge in [-0.2, -0.15) is 10.5 Å². The summed E-state index contributed by atoms with van der Waals surface area (Å²) in [7, 11) is 2.53. The van der Waals surface area contributed by atoms with Crippen molar-refractivity contribution in [2.45, 2.75) is 18.2 Å². The van der Waals surface area contributed by atoms with Gasteiger partial charge < -0.3 is 19.9 Å². The van der Waals surface area contributed by atoms with E-state index in [0.29, 0.717) is 5.56 Å². The van der Waals surface area contributed by atoms with Crippen LogP contribution in [0.1, 0.15) is 11.5 Å². The molecule has 10 heteroatoms. The number of halogens is 3. The first-order valence-electron chi connectivity index (χ1n) is 7.32. The first kappa shape index (κ1) is 18.0. The highest BCUT2D eigenvalue weighted by atomic mass is 19.4. The van der Waals surface area contributed by atoms with E-state index in [1.807, 2.05) is 6.07 Å². The molecule has 1 heterocycles. The van der Waals surface area contributed by atoms with Crippen LogP contribution in [0.2, 0.25) is 0 Å². The van der Waals surface area contributed by atoms with E-state index in [4.69, 9.17) is 15.2 Å². The van der Waals surface area contributed by atoms with E-state index in [1.165, 1.54) is 26.4 Å². The zero-order valence-corrected chi connectivity index (χ0v) is 13.7. The molecule has 1 fully saturated rings. The van der Waals surface area contributed by atoms with Gasteiger partial charge in [0.2, 0.25) is 0 Å². The van der Waals surface area contributed by atoms with Crippen LogP contribution in [0.4, 0.5) is 13.2 Å². The Morgan fingerprint density at radius 3 is 2.12 bits per heavy atom. The standard InChI is InChI=1S/C16H13F3N4O3/c1-24-15(25-2)14(8-21)11(13(14,7-20)12(22)23-15)9-3-5-10(6-4-9)26-16(17,18)19/h3-6,11H,1-2H3,(H2,22,23). The number of nitrogens with zero attached hydrogens (tertiary/aromatic N) is 3. The average Bonchev–Trinajstić information content (AvgIpc) is 3.17. The number of nitrogens with two attached hydrogens (primary N) is 1. The first-order valence-corrected chi connectivity index (χ1v) is 7.32. The number of rotatable bonds is 4. The van der Waals surface area contributed by atoms with Gasteiger partial charge in [-0.1, -0.05) is 12.1 Å². The van der Waals surface area contributed by atoms with Crippen LogP contribution in [0, 0.1) is 33.5 Å². The van der Waals surface area contributed by atoms with Crippen molar-refractivity contribution in [1.29, 1.82) is 10.5 Å². The fraction of sp³-hybridized carbons (Fsp3) is 0.438. The smallest absolute Gasteiger partial charge is 0.406 e. The van der Waals surface area contributed by atoms with Crippen LogP contribution in [0.5, 0.6) is 5.75 Å². The van der Waals surface area contributed by atoms with Crippen LogP contribution >= 0.6 is 0 Å². The Hall–Kier alpha value is -2.82. The molecular formula is C16H13F3N4O3. The number of benzene rings is 1. The molecule has 0 aromatic heterocycles. The van der Waals surface area contributed by atoms with Crippen LogP contribution in [0.15, 0.2) is 29.3 Å². The third kappa shape index (κ3) is 1.91. The fourth-order valence-corrected chi connectivity index (χ4v) is 3.88. The van der Waals surface area contributed by atoms with Crippen LogP contribution < -0.4 is 10.5 Å². The van der Waals surface area contributed by atoms with E-state index in [0.717, 1.165) is 12.1 Å². The fourth-order valence-electron chi connectivity index (χ4n) is 3.88. The highest BCUT2D eigenvalue weighted by molar-refractivity contribution is 6.00. The van der Waals surface area contributed by atoms with Crippen LogP contribution in [0.3, 0.4) is 0 Å². The molecular weight excluding hydrogens is 353 g/mol. The molecule has 136 valence electrons. The predicted octanol–water partition coefficient (Wildman–Crippen LogP) is 2.02. The molecule has 3 rings (SSSR count).